The van der Waals surface area contributed by atoms with E-state index in [2.05, 4.69) is 19.1 Å². The van der Waals surface area contributed by atoms with Gasteiger partial charge in [-0.05, 0) is 32.1 Å². The molecule has 0 saturated heterocycles. The first-order chi connectivity index (χ1) is 18.2. The van der Waals surface area contributed by atoms with Gasteiger partial charge in [0.05, 0.1) is 34.4 Å². The van der Waals surface area contributed by atoms with Crippen LogP contribution in [0.25, 0.3) is 0 Å². The zero-order valence-electron chi connectivity index (χ0n) is 26.1. The second kappa shape index (κ2) is 24.6. The van der Waals surface area contributed by atoms with E-state index in [0.29, 0.717) is 24.1 Å². The molecule has 0 fully saturated rings. The fourth-order valence-electron chi connectivity index (χ4n) is 4.85. The average Bonchev–Trinajstić information content (AvgIpc) is 2.86. The van der Waals surface area contributed by atoms with Gasteiger partial charge in [0.15, 0.2) is 13.4 Å². The van der Waals surface area contributed by atoms with Crippen LogP contribution in [0.3, 0.4) is 0 Å². The van der Waals surface area contributed by atoms with E-state index in [1.165, 1.54) is 103 Å². The Hall–Kier alpha value is -0.230. The van der Waals surface area contributed by atoms with E-state index in [0.717, 1.165) is 6.42 Å². The third-order valence-electron chi connectivity index (χ3n) is 7.25. The van der Waals surface area contributed by atoms with Crippen molar-refractivity contribution in [3.63, 3.8) is 0 Å². The molecule has 0 aromatic rings. The summed E-state index contributed by atoms with van der Waals surface area (Å²) in [5, 5.41) is 0. The molecule has 6 nitrogen and oxygen atoms in total. The minimum absolute atomic E-state index is 0.00214. The molecule has 0 rings (SSSR count). The fourth-order valence-corrected chi connectivity index (χ4v) is 6.69. The first-order valence-corrected chi connectivity index (χ1v) is 17.3. The van der Waals surface area contributed by atoms with Gasteiger partial charge in [0.2, 0.25) is 0 Å². The molecule has 0 aromatic carbocycles. The molecule has 7 heteroatoms. The van der Waals surface area contributed by atoms with Crippen LogP contribution in [0, 0.1) is 0 Å². The lowest BCUT2D eigenvalue weighted by Crippen LogP contribution is -2.47. The van der Waals surface area contributed by atoms with Crippen molar-refractivity contribution in [2.45, 2.75) is 141 Å². The summed E-state index contributed by atoms with van der Waals surface area (Å²) in [5.41, 5.74) is 0. The predicted octanol–water partition coefficient (Wildman–Crippen LogP) is 8.24. The van der Waals surface area contributed by atoms with Gasteiger partial charge < -0.3 is 27.9 Å². The van der Waals surface area contributed by atoms with E-state index < -0.39 is 13.4 Å². The zero-order chi connectivity index (χ0) is 28.5. The van der Waals surface area contributed by atoms with E-state index in [9.17, 15) is 9.46 Å². The molecule has 2 unspecified atom stereocenters. The minimum Gasteiger partial charge on any atom is -0.774 e. The molecule has 0 saturated carbocycles. The Morgan fingerprint density at radius 3 is 1.66 bits per heavy atom. The van der Waals surface area contributed by atoms with Crippen LogP contribution in [-0.2, 0) is 18.6 Å². The molecule has 228 valence electrons. The first kappa shape index (κ1) is 37.8. The molecule has 0 aliphatic carbocycles. The van der Waals surface area contributed by atoms with Crippen molar-refractivity contribution in [1.29, 1.82) is 0 Å². The Kier molecular flexibility index (Phi) is 24.4. The molecular weight excluding hydrogens is 497 g/mol. The molecule has 0 aliphatic heterocycles. The summed E-state index contributed by atoms with van der Waals surface area (Å²) in [6, 6.07) is 0. The van der Waals surface area contributed by atoms with Gasteiger partial charge >= 0.3 is 0 Å². The van der Waals surface area contributed by atoms with Gasteiger partial charge in [-0.25, -0.2) is 0 Å². The summed E-state index contributed by atoms with van der Waals surface area (Å²) < 4.78 is 29.3. The third kappa shape index (κ3) is 21.6. The highest BCUT2D eigenvalue weighted by Crippen LogP contribution is 2.47. The molecule has 0 radical (unpaired) electrons. The monoisotopic (exact) mass is 561 g/mol. The first-order valence-electron chi connectivity index (χ1n) is 15.7. The maximum absolute atomic E-state index is 12.6. The zero-order valence-corrected chi connectivity index (χ0v) is 27.0. The van der Waals surface area contributed by atoms with E-state index in [4.69, 9.17) is 14.0 Å². The van der Waals surface area contributed by atoms with Gasteiger partial charge in [0.1, 0.15) is 6.10 Å². The van der Waals surface area contributed by atoms with Crippen LogP contribution in [0.5, 0.6) is 0 Å². The highest BCUT2D eigenvalue weighted by Gasteiger charge is 2.34. The van der Waals surface area contributed by atoms with Crippen molar-refractivity contribution in [3.05, 3.63) is 12.2 Å². The van der Waals surface area contributed by atoms with Crippen LogP contribution in [-0.4, -0.2) is 64.4 Å². The summed E-state index contributed by atoms with van der Waals surface area (Å²) in [5.74, 6) is -0.568. The Balaban J connectivity index is 3.60. The van der Waals surface area contributed by atoms with Crippen molar-refractivity contribution >= 4 is 7.60 Å². The minimum atomic E-state index is -3.99. The average molecular weight is 562 g/mol. The number of quaternary nitrogens is 1. The van der Waals surface area contributed by atoms with Gasteiger partial charge in [0, 0.05) is 20.1 Å². The Morgan fingerprint density at radius 2 is 1.21 bits per heavy atom. The Bertz CT molecular complexity index is 593. The SMILES string of the molecule is CCCCCCCCCC/C=C\CCCCCCCCCOC[C@H](COP(=O)([O-])C(CC)[N+](C)(C)C)OC. The smallest absolute Gasteiger partial charge is 0.193 e. The molecule has 38 heavy (non-hydrogen) atoms. The number of hydrogen-bond donors (Lipinski definition) is 0. The highest BCUT2D eigenvalue weighted by atomic mass is 31.2. The standard InChI is InChI=1S/C31H64NO5P/c1-7-9-10-11-12-13-14-15-16-17-18-19-20-21-22-23-24-25-26-27-36-28-30(35-6)29-37-38(33,34)31(8-2)32(3,4)5/h17-18,30-31H,7-16,19-29H2,1-6H3/b18-17-/t30-,31?/m1/s1. The van der Waals surface area contributed by atoms with Crippen molar-refractivity contribution in [1.82, 2.24) is 0 Å². The second-order valence-electron chi connectivity index (χ2n) is 11.8. The molecule has 0 heterocycles. The number of unbranched alkanes of at least 4 members (excludes halogenated alkanes) is 15. The van der Waals surface area contributed by atoms with Gasteiger partial charge in [0.25, 0.3) is 0 Å². The quantitative estimate of drug-likeness (QED) is 0.0416. The van der Waals surface area contributed by atoms with Crippen LogP contribution in [0.4, 0.5) is 0 Å². The normalized spacial score (nSPS) is 15.7. The van der Waals surface area contributed by atoms with Gasteiger partial charge in [-0.1, -0.05) is 103 Å². The van der Waals surface area contributed by atoms with Crippen LogP contribution in [0.15, 0.2) is 12.2 Å². The van der Waals surface area contributed by atoms with E-state index in [1.807, 2.05) is 28.1 Å². The molecule has 0 N–H and O–H groups in total. The van der Waals surface area contributed by atoms with Gasteiger partial charge in [-0.15, -0.1) is 0 Å². The molecule has 0 aliphatic rings. The van der Waals surface area contributed by atoms with Crippen LogP contribution < -0.4 is 4.89 Å². The predicted molar refractivity (Wildman–Crippen MR) is 161 cm³/mol. The summed E-state index contributed by atoms with van der Waals surface area (Å²) >= 11 is 0. The van der Waals surface area contributed by atoms with Crippen molar-refractivity contribution in [2.24, 2.45) is 0 Å². The maximum Gasteiger partial charge on any atom is 0.193 e. The summed E-state index contributed by atoms with van der Waals surface area (Å²) in [6.07, 6.45) is 27.2. The van der Waals surface area contributed by atoms with Gasteiger partial charge in [-0.3, -0.25) is 0 Å². The number of methoxy groups -OCH3 is 1. The number of allylic oxidation sites excluding steroid dienone is 2. The molecule has 0 bridgehead atoms. The summed E-state index contributed by atoms with van der Waals surface area (Å²) in [4.78, 5) is 12.6. The number of hydrogen-bond acceptors (Lipinski definition) is 5. The molecule has 0 amide bonds. The van der Waals surface area contributed by atoms with Crippen molar-refractivity contribution in [3.8, 4) is 0 Å². The van der Waals surface area contributed by atoms with E-state index in [-0.39, 0.29) is 12.7 Å². The fraction of sp³-hybridized carbons (Fsp3) is 0.935. The van der Waals surface area contributed by atoms with Crippen LogP contribution >= 0.6 is 7.60 Å². The number of ether oxygens (including phenoxy) is 2. The summed E-state index contributed by atoms with van der Waals surface area (Å²) in [7, 11) is 3.19. The lowest BCUT2D eigenvalue weighted by Gasteiger charge is -2.41. The largest absolute Gasteiger partial charge is 0.774 e. The van der Waals surface area contributed by atoms with E-state index in [1.54, 1.807) is 7.11 Å². The number of nitrogens with zero attached hydrogens (tertiary/aromatic N) is 1. The van der Waals surface area contributed by atoms with Crippen molar-refractivity contribution in [2.75, 3.05) is 48.1 Å². The molecular formula is C31H64NO5P. The molecule has 0 aromatic heterocycles. The second-order valence-corrected chi connectivity index (χ2v) is 13.7. The summed E-state index contributed by atoms with van der Waals surface area (Å²) in [6.45, 7) is 5.18. The Morgan fingerprint density at radius 1 is 0.737 bits per heavy atom. The van der Waals surface area contributed by atoms with Gasteiger partial charge in [-0.2, -0.15) is 0 Å². The lowest BCUT2D eigenvalue weighted by atomic mass is 10.1. The molecule has 3 atom stereocenters. The third-order valence-corrected chi connectivity index (χ3v) is 9.55. The number of rotatable bonds is 28. The molecule has 0 spiro atoms. The maximum atomic E-state index is 12.6. The lowest BCUT2D eigenvalue weighted by molar-refractivity contribution is -0.884. The van der Waals surface area contributed by atoms with Crippen molar-refractivity contribution < 1.29 is 27.9 Å². The topological polar surface area (TPSA) is 67.8 Å². The van der Waals surface area contributed by atoms with Crippen LogP contribution in [0.2, 0.25) is 0 Å². The Labute approximate surface area is 237 Å². The highest BCUT2D eigenvalue weighted by molar-refractivity contribution is 7.51. The van der Waals surface area contributed by atoms with E-state index >= 15 is 0 Å². The van der Waals surface area contributed by atoms with Crippen LogP contribution in [0.1, 0.15) is 129 Å².